The molecule has 1 aromatic heterocycles. The van der Waals surface area contributed by atoms with E-state index in [2.05, 4.69) is 9.73 Å². The molecule has 0 radical (unpaired) electrons. The first-order chi connectivity index (χ1) is 5.20. The summed E-state index contributed by atoms with van der Waals surface area (Å²) in [5, 5.41) is 2.11. The topological polar surface area (TPSA) is 59.3 Å². The van der Waals surface area contributed by atoms with E-state index in [4.69, 9.17) is 0 Å². The first-order valence-corrected chi connectivity index (χ1v) is 3.04. The molecule has 0 atom stereocenters. The van der Waals surface area contributed by atoms with Crippen molar-refractivity contribution < 1.29 is 14.0 Å². The van der Waals surface area contributed by atoms with E-state index in [9.17, 15) is 9.59 Å². The van der Waals surface area contributed by atoms with Gasteiger partial charge in [-0.1, -0.05) is 0 Å². The van der Waals surface area contributed by atoms with Crippen LogP contribution in [0.25, 0.3) is 0 Å². The standard InChI is InChI=1S/C7H7NO3/c1-5(9)8-7(10)6-2-3-11-4-6/h2-4H,1H3,(H,8,9,10). The van der Waals surface area contributed by atoms with E-state index in [1.165, 1.54) is 25.5 Å². The summed E-state index contributed by atoms with van der Waals surface area (Å²) in [5.41, 5.74) is 0.347. The summed E-state index contributed by atoms with van der Waals surface area (Å²) in [7, 11) is 0. The highest BCUT2D eigenvalue weighted by Crippen LogP contribution is 1.98. The normalized spacial score (nSPS) is 9.18. The molecule has 0 aliphatic carbocycles. The van der Waals surface area contributed by atoms with Crippen molar-refractivity contribution in [1.82, 2.24) is 5.32 Å². The van der Waals surface area contributed by atoms with E-state index in [-0.39, 0.29) is 5.91 Å². The third-order valence-electron chi connectivity index (χ3n) is 1.07. The largest absolute Gasteiger partial charge is 0.472 e. The average molecular weight is 153 g/mol. The first kappa shape index (κ1) is 7.53. The zero-order valence-electron chi connectivity index (χ0n) is 5.96. The van der Waals surface area contributed by atoms with Crippen molar-refractivity contribution in [2.24, 2.45) is 0 Å². The molecule has 0 fully saturated rings. The summed E-state index contributed by atoms with van der Waals surface area (Å²) >= 11 is 0. The van der Waals surface area contributed by atoms with Crippen LogP contribution >= 0.6 is 0 Å². The molecule has 0 unspecified atom stereocenters. The van der Waals surface area contributed by atoms with Gasteiger partial charge in [0.05, 0.1) is 11.8 Å². The smallest absolute Gasteiger partial charge is 0.261 e. The monoisotopic (exact) mass is 153 g/mol. The van der Waals surface area contributed by atoms with Gasteiger partial charge in [0.25, 0.3) is 5.91 Å². The molecule has 0 aliphatic rings. The van der Waals surface area contributed by atoms with Gasteiger partial charge < -0.3 is 4.42 Å². The Kier molecular flexibility index (Phi) is 2.06. The van der Waals surface area contributed by atoms with Gasteiger partial charge in [0.2, 0.25) is 5.91 Å². The highest BCUT2D eigenvalue weighted by molar-refractivity contribution is 6.03. The van der Waals surface area contributed by atoms with Crippen LogP contribution in [0.3, 0.4) is 0 Å². The minimum absolute atomic E-state index is 0.347. The molecule has 1 rings (SSSR count). The molecule has 0 aliphatic heterocycles. The van der Waals surface area contributed by atoms with Gasteiger partial charge in [-0.05, 0) is 6.07 Å². The minimum Gasteiger partial charge on any atom is -0.472 e. The Morgan fingerprint density at radius 2 is 2.27 bits per heavy atom. The maximum Gasteiger partial charge on any atom is 0.261 e. The van der Waals surface area contributed by atoms with Gasteiger partial charge >= 0.3 is 0 Å². The molecule has 4 nitrogen and oxygen atoms in total. The van der Waals surface area contributed by atoms with E-state index in [0.29, 0.717) is 5.56 Å². The second-order valence-corrected chi connectivity index (χ2v) is 2.02. The molecule has 4 heteroatoms. The number of imide groups is 1. The van der Waals surface area contributed by atoms with Gasteiger partial charge in [-0.15, -0.1) is 0 Å². The fourth-order valence-corrected chi connectivity index (χ4v) is 0.626. The molecule has 0 saturated carbocycles. The molecular weight excluding hydrogens is 146 g/mol. The van der Waals surface area contributed by atoms with Crippen LogP contribution in [0.1, 0.15) is 17.3 Å². The van der Waals surface area contributed by atoms with Crippen LogP contribution in [0.5, 0.6) is 0 Å². The van der Waals surface area contributed by atoms with E-state index in [1.54, 1.807) is 0 Å². The van der Waals surface area contributed by atoms with E-state index in [0.717, 1.165) is 0 Å². The molecule has 0 saturated heterocycles. The predicted octanol–water partition coefficient (Wildman–Crippen LogP) is 0.556. The number of furan rings is 1. The lowest BCUT2D eigenvalue weighted by Gasteiger charge is -1.94. The van der Waals surface area contributed by atoms with Crippen LogP contribution in [0.2, 0.25) is 0 Å². The molecule has 2 amide bonds. The van der Waals surface area contributed by atoms with Gasteiger partial charge in [-0.2, -0.15) is 0 Å². The van der Waals surface area contributed by atoms with E-state index < -0.39 is 5.91 Å². The van der Waals surface area contributed by atoms with E-state index in [1.807, 2.05) is 0 Å². The van der Waals surface area contributed by atoms with Crippen molar-refractivity contribution in [2.75, 3.05) is 0 Å². The number of hydrogen-bond donors (Lipinski definition) is 1. The molecule has 1 heterocycles. The molecular formula is C7H7NO3. The molecule has 0 bridgehead atoms. The highest BCUT2D eigenvalue weighted by Gasteiger charge is 2.06. The number of carbonyl (C=O) groups is 2. The van der Waals surface area contributed by atoms with Crippen LogP contribution in [-0.2, 0) is 4.79 Å². The summed E-state index contributed by atoms with van der Waals surface area (Å²) in [6.07, 6.45) is 2.65. The van der Waals surface area contributed by atoms with Crippen LogP contribution in [0.4, 0.5) is 0 Å². The Morgan fingerprint density at radius 1 is 1.55 bits per heavy atom. The molecule has 58 valence electrons. The maximum absolute atomic E-state index is 10.9. The molecule has 0 spiro atoms. The Bertz CT molecular complexity index is 263. The first-order valence-electron chi connectivity index (χ1n) is 3.04. The molecule has 11 heavy (non-hydrogen) atoms. The van der Waals surface area contributed by atoms with Gasteiger partial charge in [0.1, 0.15) is 6.26 Å². The number of hydrogen-bond acceptors (Lipinski definition) is 3. The number of amides is 2. The molecule has 1 N–H and O–H groups in total. The van der Waals surface area contributed by atoms with Gasteiger partial charge in [0.15, 0.2) is 0 Å². The zero-order chi connectivity index (χ0) is 8.27. The summed E-state index contributed by atoms with van der Waals surface area (Å²) in [6.45, 7) is 1.28. The Labute approximate surface area is 63.2 Å². The zero-order valence-corrected chi connectivity index (χ0v) is 5.96. The van der Waals surface area contributed by atoms with Crippen molar-refractivity contribution in [1.29, 1.82) is 0 Å². The summed E-state index contributed by atoms with van der Waals surface area (Å²) in [6, 6.07) is 1.48. The quantitative estimate of drug-likeness (QED) is 0.641. The lowest BCUT2D eigenvalue weighted by atomic mass is 10.3. The lowest BCUT2D eigenvalue weighted by molar-refractivity contribution is -0.118. The van der Waals surface area contributed by atoms with Crippen molar-refractivity contribution in [2.45, 2.75) is 6.92 Å². The Morgan fingerprint density at radius 3 is 2.73 bits per heavy atom. The third-order valence-corrected chi connectivity index (χ3v) is 1.07. The second kappa shape index (κ2) is 3.01. The number of nitrogens with one attached hydrogen (secondary N) is 1. The van der Waals surface area contributed by atoms with E-state index >= 15 is 0 Å². The predicted molar refractivity (Wildman–Crippen MR) is 36.9 cm³/mol. The summed E-state index contributed by atoms with van der Waals surface area (Å²) in [5.74, 6) is -0.817. The minimum atomic E-state index is -0.439. The van der Waals surface area contributed by atoms with Crippen LogP contribution in [0.15, 0.2) is 23.0 Å². The fraction of sp³-hybridized carbons (Fsp3) is 0.143. The fourth-order valence-electron chi connectivity index (χ4n) is 0.626. The van der Waals surface area contributed by atoms with Gasteiger partial charge in [-0.25, -0.2) is 0 Å². The average Bonchev–Trinajstić information content (AvgIpc) is 2.35. The third kappa shape index (κ3) is 1.93. The summed E-state index contributed by atoms with van der Waals surface area (Å²) in [4.78, 5) is 21.3. The van der Waals surface area contributed by atoms with Gasteiger partial charge in [0, 0.05) is 6.92 Å². The number of rotatable bonds is 1. The van der Waals surface area contributed by atoms with Crippen LogP contribution < -0.4 is 5.32 Å². The van der Waals surface area contributed by atoms with Crippen molar-refractivity contribution in [3.8, 4) is 0 Å². The molecule has 1 aromatic rings. The van der Waals surface area contributed by atoms with Crippen molar-refractivity contribution in [3.05, 3.63) is 24.2 Å². The Balaban J connectivity index is 2.64. The van der Waals surface area contributed by atoms with Crippen molar-refractivity contribution >= 4 is 11.8 Å². The van der Waals surface area contributed by atoms with Crippen molar-refractivity contribution in [3.63, 3.8) is 0 Å². The maximum atomic E-state index is 10.9. The van der Waals surface area contributed by atoms with Crippen LogP contribution in [-0.4, -0.2) is 11.8 Å². The lowest BCUT2D eigenvalue weighted by Crippen LogP contribution is -2.27. The highest BCUT2D eigenvalue weighted by atomic mass is 16.3. The SMILES string of the molecule is CC(=O)NC(=O)c1ccoc1. The van der Waals surface area contributed by atoms with Crippen LogP contribution in [0, 0.1) is 0 Å². The van der Waals surface area contributed by atoms with Gasteiger partial charge in [-0.3, -0.25) is 14.9 Å². The molecule has 0 aromatic carbocycles. The second-order valence-electron chi connectivity index (χ2n) is 2.02. The Hall–Kier alpha value is -1.58. The number of carbonyl (C=O) groups excluding carboxylic acids is 2. The summed E-state index contributed by atoms with van der Waals surface area (Å²) < 4.78 is 4.65.